The molecule has 0 aliphatic carbocycles. The largest absolute Gasteiger partial charge is 0.378 e. The van der Waals surface area contributed by atoms with E-state index in [0.717, 1.165) is 36.3 Å². The molecule has 0 bridgehead atoms. The Morgan fingerprint density at radius 3 is 2.95 bits per heavy atom. The number of halogens is 1. The SMILES string of the molecule is CC1(C)COCCN1CCC(=O)c1cccc(Br)c1. The number of carbonyl (C=O) groups excluding carboxylic acids is 1. The van der Waals surface area contributed by atoms with Gasteiger partial charge in [0.15, 0.2) is 5.78 Å². The third-order valence-corrected chi connectivity index (χ3v) is 4.07. The maximum absolute atomic E-state index is 12.2. The predicted octanol–water partition coefficient (Wildman–Crippen LogP) is 3.13. The molecule has 0 spiro atoms. The molecule has 0 radical (unpaired) electrons. The van der Waals surface area contributed by atoms with Crippen LogP contribution < -0.4 is 0 Å². The second-order valence-electron chi connectivity index (χ2n) is 5.54. The van der Waals surface area contributed by atoms with Crippen LogP contribution in [-0.2, 0) is 4.74 Å². The highest BCUT2D eigenvalue weighted by atomic mass is 79.9. The molecule has 1 heterocycles. The lowest BCUT2D eigenvalue weighted by molar-refractivity contribution is -0.0502. The van der Waals surface area contributed by atoms with Crippen LogP contribution in [0.3, 0.4) is 0 Å². The zero-order chi connectivity index (χ0) is 13.9. The average molecular weight is 326 g/mol. The van der Waals surface area contributed by atoms with E-state index >= 15 is 0 Å². The Hall–Kier alpha value is -0.710. The smallest absolute Gasteiger partial charge is 0.164 e. The topological polar surface area (TPSA) is 29.5 Å². The van der Waals surface area contributed by atoms with Crippen LogP contribution in [0.4, 0.5) is 0 Å². The van der Waals surface area contributed by atoms with E-state index < -0.39 is 0 Å². The number of Topliss-reactive ketones (excluding diaryl/α,β-unsaturated/α-hetero) is 1. The Morgan fingerprint density at radius 1 is 1.47 bits per heavy atom. The van der Waals surface area contributed by atoms with Crippen LogP contribution in [0.2, 0.25) is 0 Å². The lowest BCUT2D eigenvalue weighted by Gasteiger charge is -2.42. The highest BCUT2D eigenvalue weighted by molar-refractivity contribution is 9.10. The Balaban J connectivity index is 1.93. The monoisotopic (exact) mass is 325 g/mol. The van der Waals surface area contributed by atoms with Crippen LogP contribution in [0.1, 0.15) is 30.6 Å². The van der Waals surface area contributed by atoms with Crippen molar-refractivity contribution in [2.24, 2.45) is 0 Å². The van der Waals surface area contributed by atoms with Crippen LogP contribution in [0.5, 0.6) is 0 Å². The first-order valence-corrected chi connectivity index (χ1v) is 7.40. The minimum atomic E-state index is 0.0236. The predicted molar refractivity (Wildman–Crippen MR) is 79.6 cm³/mol. The van der Waals surface area contributed by atoms with Crippen LogP contribution >= 0.6 is 15.9 Å². The van der Waals surface area contributed by atoms with Crippen molar-refractivity contribution in [3.8, 4) is 0 Å². The number of hydrogen-bond donors (Lipinski definition) is 0. The molecule has 0 unspecified atom stereocenters. The lowest BCUT2D eigenvalue weighted by atomic mass is 10.0. The minimum absolute atomic E-state index is 0.0236. The van der Waals surface area contributed by atoms with Gasteiger partial charge in [-0.25, -0.2) is 0 Å². The molecule has 3 nitrogen and oxygen atoms in total. The van der Waals surface area contributed by atoms with E-state index in [2.05, 4.69) is 34.7 Å². The van der Waals surface area contributed by atoms with Crippen molar-refractivity contribution in [1.82, 2.24) is 4.90 Å². The summed E-state index contributed by atoms with van der Waals surface area (Å²) in [4.78, 5) is 14.5. The average Bonchev–Trinajstić information content (AvgIpc) is 2.36. The molecule has 4 heteroatoms. The van der Waals surface area contributed by atoms with Crippen LogP contribution in [0.15, 0.2) is 28.7 Å². The fraction of sp³-hybridized carbons (Fsp3) is 0.533. The number of nitrogens with zero attached hydrogens (tertiary/aromatic N) is 1. The van der Waals surface area contributed by atoms with E-state index in [1.807, 2.05) is 24.3 Å². The van der Waals surface area contributed by atoms with Crippen molar-refractivity contribution < 1.29 is 9.53 Å². The fourth-order valence-corrected chi connectivity index (χ4v) is 2.75. The molecule has 1 aromatic rings. The first-order chi connectivity index (χ1) is 8.99. The molecule has 1 aliphatic rings. The molecule has 0 aromatic heterocycles. The second kappa shape index (κ2) is 6.16. The van der Waals surface area contributed by atoms with Gasteiger partial charge in [0.1, 0.15) is 0 Å². The number of benzene rings is 1. The molecule has 0 saturated carbocycles. The number of morpholine rings is 1. The van der Waals surface area contributed by atoms with E-state index in [-0.39, 0.29) is 11.3 Å². The number of carbonyl (C=O) groups is 1. The fourth-order valence-electron chi connectivity index (χ4n) is 2.35. The van der Waals surface area contributed by atoms with Crippen molar-refractivity contribution in [2.75, 3.05) is 26.3 Å². The summed E-state index contributed by atoms with van der Waals surface area (Å²) >= 11 is 3.40. The van der Waals surface area contributed by atoms with Gasteiger partial charge in [-0.3, -0.25) is 9.69 Å². The molecular formula is C15H20BrNO2. The summed E-state index contributed by atoms with van der Waals surface area (Å²) < 4.78 is 6.44. The normalized spacial score (nSPS) is 19.3. The zero-order valence-corrected chi connectivity index (χ0v) is 13.1. The van der Waals surface area contributed by atoms with E-state index in [1.54, 1.807) is 0 Å². The van der Waals surface area contributed by atoms with Gasteiger partial charge < -0.3 is 4.74 Å². The summed E-state index contributed by atoms with van der Waals surface area (Å²) in [6, 6.07) is 7.59. The van der Waals surface area contributed by atoms with E-state index in [9.17, 15) is 4.79 Å². The molecule has 1 fully saturated rings. The zero-order valence-electron chi connectivity index (χ0n) is 11.5. The molecule has 0 atom stereocenters. The molecule has 2 rings (SSSR count). The molecule has 1 aliphatic heterocycles. The summed E-state index contributed by atoms with van der Waals surface area (Å²) in [6.45, 7) is 7.51. The quantitative estimate of drug-likeness (QED) is 0.796. The Morgan fingerprint density at radius 2 is 2.26 bits per heavy atom. The molecular weight excluding hydrogens is 306 g/mol. The number of ether oxygens (including phenoxy) is 1. The summed E-state index contributed by atoms with van der Waals surface area (Å²) in [5.74, 6) is 0.198. The van der Waals surface area contributed by atoms with Gasteiger partial charge in [-0.1, -0.05) is 28.1 Å². The molecule has 1 aromatic carbocycles. The third-order valence-electron chi connectivity index (χ3n) is 3.57. The highest BCUT2D eigenvalue weighted by Gasteiger charge is 2.30. The summed E-state index contributed by atoms with van der Waals surface area (Å²) in [7, 11) is 0. The van der Waals surface area contributed by atoms with Crippen molar-refractivity contribution in [2.45, 2.75) is 25.8 Å². The first kappa shape index (κ1) is 14.7. The van der Waals surface area contributed by atoms with Gasteiger partial charge >= 0.3 is 0 Å². The number of hydrogen-bond acceptors (Lipinski definition) is 3. The first-order valence-electron chi connectivity index (χ1n) is 6.60. The van der Waals surface area contributed by atoms with Crippen LogP contribution in [0.25, 0.3) is 0 Å². The molecule has 104 valence electrons. The summed E-state index contributed by atoms with van der Waals surface area (Å²) in [6.07, 6.45) is 0.555. The molecule has 1 saturated heterocycles. The lowest BCUT2D eigenvalue weighted by Crippen LogP contribution is -2.53. The van der Waals surface area contributed by atoms with E-state index in [4.69, 9.17) is 4.74 Å². The van der Waals surface area contributed by atoms with E-state index in [1.165, 1.54) is 0 Å². The number of rotatable bonds is 4. The van der Waals surface area contributed by atoms with Crippen molar-refractivity contribution in [3.63, 3.8) is 0 Å². The van der Waals surface area contributed by atoms with Gasteiger partial charge in [0.25, 0.3) is 0 Å². The van der Waals surface area contributed by atoms with Gasteiger partial charge in [-0.05, 0) is 26.0 Å². The Labute approximate surface area is 123 Å². The van der Waals surface area contributed by atoms with Crippen molar-refractivity contribution >= 4 is 21.7 Å². The minimum Gasteiger partial charge on any atom is -0.378 e. The molecule has 19 heavy (non-hydrogen) atoms. The van der Waals surface area contributed by atoms with E-state index in [0.29, 0.717) is 6.42 Å². The number of ketones is 1. The summed E-state index contributed by atoms with van der Waals surface area (Å²) in [5, 5.41) is 0. The Kier molecular flexibility index (Phi) is 4.76. The van der Waals surface area contributed by atoms with Gasteiger partial charge in [-0.2, -0.15) is 0 Å². The van der Waals surface area contributed by atoms with Crippen molar-refractivity contribution in [3.05, 3.63) is 34.3 Å². The summed E-state index contributed by atoms with van der Waals surface area (Å²) in [5.41, 5.74) is 0.802. The standard InChI is InChI=1S/C15H20BrNO2/c1-15(2)11-19-9-8-17(15)7-6-14(18)12-4-3-5-13(16)10-12/h3-5,10H,6-9,11H2,1-2H3. The van der Waals surface area contributed by atoms with Crippen LogP contribution in [-0.4, -0.2) is 42.5 Å². The van der Waals surface area contributed by atoms with Crippen molar-refractivity contribution in [1.29, 1.82) is 0 Å². The second-order valence-corrected chi connectivity index (χ2v) is 6.45. The molecule has 0 amide bonds. The van der Waals surface area contributed by atoms with Gasteiger partial charge in [0.2, 0.25) is 0 Å². The molecule has 0 N–H and O–H groups in total. The van der Waals surface area contributed by atoms with Gasteiger partial charge in [-0.15, -0.1) is 0 Å². The Bertz CT molecular complexity index is 459. The van der Waals surface area contributed by atoms with Gasteiger partial charge in [0, 0.05) is 35.1 Å². The van der Waals surface area contributed by atoms with Crippen LogP contribution in [0, 0.1) is 0 Å². The van der Waals surface area contributed by atoms with Gasteiger partial charge in [0.05, 0.1) is 13.2 Å². The highest BCUT2D eigenvalue weighted by Crippen LogP contribution is 2.20. The maximum atomic E-state index is 12.2. The maximum Gasteiger partial charge on any atom is 0.164 e. The third kappa shape index (κ3) is 3.88.